The van der Waals surface area contributed by atoms with Crippen LogP contribution in [0.2, 0.25) is 0 Å². The van der Waals surface area contributed by atoms with Crippen LogP contribution in [0.15, 0.2) is 53.7 Å². The van der Waals surface area contributed by atoms with Crippen molar-refractivity contribution in [2.45, 2.75) is 6.92 Å². The number of nitrogens with zero attached hydrogens (tertiary/aromatic N) is 5. The van der Waals surface area contributed by atoms with Gasteiger partial charge in [-0.25, -0.2) is 9.50 Å². The molecule has 4 heterocycles. The topological polar surface area (TPSA) is 64.6 Å². The third-order valence-electron chi connectivity index (χ3n) is 3.31. The Bertz CT molecular complexity index is 1030. The largest absolute Gasteiger partial charge is 0.269 e. The summed E-state index contributed by atoms with van der Waals surface area (Å²) in [6.45, 7) is 1.90. The van der Waals surface area contributed by atoms with Crippen LogP contribution in [0.1, 0.15) is 5.69 Å². The number of fused-ring (bicyclic) bond motifs is 2. The van der Waals surface area contributed by atoms with Crippen LogP contribution in [-0.2, 0) is 0 Å². The highest BCUT2D eigenvalue weighted by molar-refractivity contribution is 5.63. The molecule has 0 aromatic carbocycles. The van der Waals surface area contributed by atoms with Crippen LogP contribution in [0, 0.1) is 6.92 Å². The minimum Gasteiger partial charge on any atom is -0.269 e. The highest BCUT2D eigenvalue weighted by Gasteiger charge is 2.09. The van der Waals surface area contributed by atoms with Crippen LogP contribution in [0.4, 0.5) is 0 Å². The fourth-order valence-corrected chi connectivity index (χ4v) is 2.30. The summed E-state index contributed by atoms with van der Waals surface area (Å²) < 4.78 is 3.25. The summed E-state index contributed by atoms with van der Waals surface area (Å²) in [6, 6.07) is 8.81. The summed E-state index contributed by atoms with van der Waals surface area (Å²) in [5.74, 6) is 0. The predicted octanol–water partition coefficient (Wildman–Crippen LogP) is 1.71. The third-order valence-corrected chi connectivity index (χ3v) is 3.31. The number of pyridine rings is 1. The molecule has 6 heteroatoms. The molecule has 0 aliphatic rings. The molecular formula is C15H11N5O. The Balaban J connectivity index is 1.97. The van der Waals surface area contributed by atoms with Crippen molar-refractivity contribution in [3.63, 3.8) is 0 Å². The Morgan fingerprint density at radius 2 is 2.05 bits per heavy atom. The van der Waals surface area contributed by atoms with Gasteiger partial charge in [-0.1, -0.05) is 6.07 Å². The maximum Gasteiger partial charge on any atom is 0.258 e. The first kappa shape index (κ1) is 11.8. The SMILES string of the molecule is Cc1cn2nc(-c3cc(=O)n4ccccc4n3)cc2cn1. The van der Waals surface area contributed by atoms with Crippen molar-refractivity contribution >= 4 is 11.2 Å². The monoisotopic (exact) mass is 277 g/mol. The number of aryl methyl sites for hydroxylation is 1. The number of aromatic nitrogens is 5. The number of rotatable bonds is 1. The molecule has 0 amide bonds. The maximum atomic E-state index is 12.1. The Morgan fingerprint density at radius 3 is 2.95 bits per heavy atom. The highest BCUT2D eigenvalue weighted by atomic mass is 16.1. The van der Waals surface area contributed by atoms with E-state index in [4.69, 9.17) is 0 Å². The molecule has 21 heavy (non-hydrogen) atoms. The molecule has 0 aliphatic carbocycles. The second kappa shape index (κ2) is 4.24. The molecule has 0 saturated carbocycles. The molecule has 0 unspecified atom stereocenters. The zero-order chi connectivity index (χ0) is 14.4. The molecule has 4 aromatic heterocycles. The van der Waals surface area contributed by atoms with Gasteiger partial charge in [-0.15, -0.1) is 0 Å². The van der Waals surface area contributed by atoms with E-state index in [9.17, 15) is 4.79 Å². The summed E-state index contributed by atoms with van der Waals surface area (Å²) in [5, 5.41) is 4.46. The van der Waals surface area contributed by atoms with Gasteiger partial charge in [0.1, 0.15) is 11.3 Å². The predicted molar refractivity (Wildman–Crippen MR) is 78.2 cm³/mol. The van der Waals surface area contributed by atoms with Crippen molar-refractivity contribution in [1.82, 2.24) is 24.0 Å². The maximum absolute atomic E-state index is 12.1. The van der Waals surface area contributed by atoms with E-state index in [2.05, 4.69) is 15.1 Å². The van der Waals surface area contributed by atoms with Crippen LogP contribution in [-0.4, -0.2) is 24.0 Å². The average molecular weight is 277 g/mol. The highest BCUT2D eigenvalue weighted by Crippen LogP contribution is 2.16. The molecule has 0 atom stereocenters. The third kappa shape index (κ3) is 1.88. The molecule has 0 saturated heterocycles. The average Bonchev–Trinajstić information content (AvgIpc) is 2.90. The molecule has 4 aromatic rings. The lowest BCUT2D eigenvalue weighted by Gasteiger charge is -2.00. The molecule has 0 spiro atoms. The molecule has 102 valence electrons. The number of hydrogen-bond donors (Lipinski definition) is 0. The van der Waals surface area contributed by atoms with Crippen LogP contribution in [0.3, 0.4) is 0 Å². The first-order valence-corrected chi connectivity index (χ1v) is 6.51. The Labute approximate surface area is 119 Å². The van der Waals surface area contributed by atoms with E-state index < -0.39 is 0 Å². The fraction of sp³-hybridized carbons (Fsp3) is 0.0667. The molecular weight excluding hydrogens is 266 g/mol. The second-order valence-electron chi connectivity index (χ2n) is 4.84. The van der Waals surface area contributed by atoms with Crippen molar-refractivity contribution in [3.8, 4) is 11.4 Å². The van der Waals surface area contributed by atoms with Gasteiger partial charge in [-0.05, 0) is 25.1 Å². The first-order valence-electron chi connectivity index (χ1n) is 6.51. The van der Waals surface area contributed by atoms with Crippen molar-refractivity contribution < 1.29 is 0 Å². The van der Waals surface area contributed by atoms with E-state index in [1.807, 2.05) is 25.3 Å². The van der Waals surface area contributed by atoms with Crippen molar-refractivity contribution in [2.24, 2.45) is 0 Å². The first-order chi connectivity index (χ1) is 10.2. The van der Waals surface area contributed by atoms with E-state index in [0.717, 1.165) is 11.2 Å². The molecule has 6 nitrogen and oxygen atoms in total. The van der Waals surface area contributed by atoms with Gasteiger partial charge in [-0.2, -0.15) is 5.10 Å². The lowest BCUT2D eigenvalue weighted by Crippen LogP contribution is -2.13. The Morgan fingerprint density at radius 1 is 1.14 bits per heavy atom. The van der Waals surface area contributed by atoms with Crippen LogP contribution in [0.25, 0.3) is 22.6 Å². The minimum absolute atomic E-state index is 0.123. The lowest BCUT2D eigenvalue weighted by molar-refractivity contribution is 0.927. The van der Waals surface area contributed by atoms with Gasteiger partial charge in [0.05, 0.1) is 29.3 Å². The summed E-state index contributed by atoms with van der Waals surface area (Å²) >= 11 is 0. The van der Waals surface area contributed by atoms with Crippen molar-refractivity contribution in [3.05, 3.63) is 65.0 Å². The van der Waals surface area contributed by atoms with Gasteiger partial charge < -0.3 is 0 Å². The summed E-state index contributed by atoms with van der Waals surface area (Å²) in [5.41, 5.74) is 3.45. The molecule has 4 rings (SSSR count). The van der Waals surface area contributed by atoms with E-state index in [-0.39, 0.29) is 5.56 Å². The van der Waals surface area contributed by atoms with Gasteiger partial charge in [0, 0.05) is 12.3 Å². The normalized spacial score (nSPS) is 11.3. The quantitative estimate of drug-likeness (QED) is 0.531. The summed E-state index contributed by atoms with van der Waals surface area (Å²) in [7, 11) is 0. The fourth-order valence-electron chi connectivity index (χ4n) is 2.30. The minimum atomic E-state index is -0.123. The van der Waals surface area contributed by atoms with Crippen LogP contribution >= 0.6 is 0 Å². The smallest absolute Gasteiger partial charge is 0.258 e. The number of hydrogen-bond acceptors (Lipinski definition) is 4. The van der Waals surface area contributed by atoms with Crippen LogP contribution < -0.4 is 5.56 Å². The molecule has 0 aliphatic heterocycles. The van der Waals surface area contributed by atoms with Gasteiger partial charge >= 0.3 is 0 Å². The Kier molecular flexibility index (Phi) is 2.38. The molecule has 0 bridgehead atoms. The van der Waals surface area contributed by atoms with Crippen molar-refractivity contribution in [1.29, 1.82) is 0 Å². The summed E-state index contributed by atoms with van der Waals surface area (Å²) in [6.07, 6.45) is 5.29. The van der Waals surface area contributed by atoms with Gasteiger partial charge in [0.25, 0.3) is 5.56 Å². The molecule has 0 fully saturated rings. The van der Waals surface area contributed by atoms with Crippen molar-refractivity contribution in [2.75, 3.05) is 0 Å². The van der Waals surface area contributed by atoms with E-state index in [1.165, 1.54) is 10.5 Å². The van der Waals surface area contributed by atoms with E-state index >= 15 is 0 Å². The standard InChI is InChI=1S/C15H11N5O/c1-10-9-20-11(8-16-10)6-13(18-20)12-7-15(21)19-5-3-2-4-14(19)17-12/h2-9H,1H3. The van der Waals surface area contributed by atoms with E-state index in [0.29, 0.717) is 17.0 Å². The second-order valence-corrected chi connectivity index (χ2v) is 4.84. The van der Waals surface area contributed by atoms with Gasteiger partial charge in [0.2, 0.25) is 0 Å². The van der Waals surface area contributed by atoms with E-state index in [1.54, 1.807) is 29.0 Å². The summed E-state index contributed by atoms with van der Waals surface area (Å²) in [4.78, 5) is 20.8. The Hall–Kier alpha value is -3.02. The molecule has 0 radical (unpaired) electrons. The lowest BCUT2D eigenvalue weighted by atomic mass is 10.3. The van der Waals surface area contributed by atoms with Crippen LogP contribution in [0.5, 0.6) is 0 Å². The zero-order valence-electron chi connectivity index (χ0n) is 11.3. The van der Waals surface area contributed by atoms with Gasteiger partial charge in [-0.3, -0.25) is 14.2 Å². The molecule has 0 N–H and O–H groups in total. The van der Waals surface area contributed by atoms with Gasteiger partial charge in [0.15, 0.2) is 0 Å². The zero-order valence-corrected chi connectivity index (χ0v) is 11.3.